The van der Waals surface area contributed by atoms with Crippen LogP contribution >= 0.6 is 11.5 Å². The molecule has 12 heteroatoms. The lowest BCUT2D eigenvalue weighted by Crippen LogP contribution is -2.51. The van der Waals surface area contributed by atoms with Crippen LogP contribution in [-0.4, -0.2) is 61.1 Å². The third-order valence-electron chi connectivity index (χ3n) is 6.79. The van der Waals surface area contributed by atoms with Gasteiger partial charge in [-0.25, -0.2) is 19.2 Å². The molecular formula is C23H24FN5O5S. The third-order valence-corrected chi connectivity index (χ3v) is 7.45. The molecule has 3 aromatic rings. The molecule has 0 saturated carbocycles. The number of carbonyl (C=O) groups excluding carboxylic acids is 1. The number of carbonyl (C=O) groups is 2. The highest BCUT2D eigenvalue weighted by atomic mass is 32.1. The van der Waals surface area contributed by atoms with E-state index in [0.717, 1.165) is 49.7 Å². The number of pyridine rings is 2. The molecule has 2 fully saturated rings. The van der Waals surface area contributed by atoms with Gasteiger partial charge in [-0.3, -0.25) is 14.2 Å². The number of carboxylic acid groups (broad SMARTS) is 1. The molecule has 0 radical (unpaired) electrons. The second-order valence-corrected chi connectivity index (χ2v) is 10.0. The predicted octanol–water partition coefficient (Wildman–Crippen LogP) is 2.82. The molecule has 5 rings (SSSR count). The Morgan fingerprint density at radius 2 is 2.14 bits per heavy atom. The van der Waals surface area contributed by atoms with E-state index in [9.17, 15) is 19.5 Å². The van der Waals surface area contributed by atoms with E-state index in [0.29, 0.717) is 25.9 Å². The Labute approximate surface area is 203 Å². The van der Waals surface area contributed by atoms with Gasteiger partial charge in [0.25, 0.3) is 0 Å². The number of halogens is 1. The molecule has 0 spiro atoms. The van der Waals surface area contributed by atoms with E-state index in [1.807, 2.05) is 6.92 Å². The number of carboxylic acids is 1. The van der Waals surface area contributed by atoms with Gasteiger partial charge in [0.1, 0.15) is 17.7 Å². The van der Waals surface area contributed by atoms with E-state index in [-0.39, 0.29) is 39.3 Å². The van der Waals surface area contributed by atoms with Crippen LogP contribution in [0, 0.1) is 11.7 Å². The maximum Gasteiger partial charge on any atom is 0.341 e. The molecule has 0 aromatic carbocycles. The zero-order valence-electron chi connectivity index (χ0n) is 19.1. The average Bonchev–Trinajstić information content (AvgIpc) is 3.33. The molecule has 2 saturated heterocycles. The van der Waals surface area contributed by atoms with E-state index in [2.05, 4.69) is 14.3 Å². The first-order valence-electron chi connectivity index (χ1n) is 11.4. The topological polar surface area (TPSA) is 128 Å². The molecule has 3 aromatic heterocycles. The van der Waals surface area contributed by atoms with Crippen molar-refractivity contribution in [2.75, 3.05) is 24.6 Å². The number of aromatic nitrogens is 4. The van der Waals surface area contributed by atoms with Crippen LogP contribution in [0.4, 0.5) is 10.2 Å². The van der Waals surface area contributed by atoms with Crippen molar-refractivity contribution in [3.8, 4) is 5.13 Å². The lowest BCUT2D eigenvalue weighted by Gasteiger charge is -2.40. The number of anilines is 1. The Balaban J connectivity index is 1.38. The van der Waals surface area contributed by atoms with Crippen molar-refractivity contribution < 1.29 is 23.8 Å². The Bertz CT molecular complexity index is 1350. The molecule has 2 aliphatic heterocycles. The Morgan fingerprint density at radius 1 is 1.34 bits per heavy atom. The van der Waals surface area contributed by atoms with Crippen LogP contribution in [0.5, 0.6) is 0 Å². The second kappa shape index (κ2) is 9.08. The van der Waals surface area contributed by atoms with E-state index in [1.165, 1.54) is 10.9 Å². The summed E-state index contributed by atoms with van der Waals surface area (Å²) in [5, 5.41) is 9.54. The summed E-state index contributed by atoms with van der Waals surface area (Å²) < 4.78 is 26.1. The summed E-state index contributed by atoms with van der Waals surface area (Å²) in [4.78, 5) is 47.1. The fraction of sp³-hybridized carbons (Fsp3) is 0.478. The first kappa shape index (κ1) is 23.5. The molecule has 5 heterocycles. The molecule has 0 bridgehead atoms. The van der Waals surface area contributed by atoms with Gasteiger partial charge in [-0.1, -0.05) is 0 Å². The summed E-state index contributed by atoms with van der Waals surface area (Å²) in [6.07, 6.45) is 6.60. The van der Waals surface area contributed by atoms with Crippen LogP contribution in [0.2, 0.25) is 0 Å². The van der Waals surface area contributed by atoms with Gasteiger partial charge in [-0.05, 0) is 38.7 Å². The van der Waals surface area contributed by atoms with Crippen LogP contribution in [0.25, 0.3) is 16.2 Å². The number of hydrogen-bond donors (Lipinski definition) is 1. The first-order valence-corrected chi connectivity index (χ1v) is 12.2. The van der Waals surface area contributed by atoms with Crippen molar-refractivity contribution in [1.82, 2.24) is 18.9 Å². The van der Waals surface area contributed by atoms with Crippen LogP contribution in [0.15, 0.2) is 23.4 Å². The largest absolute Gasteiger partial charge is 0.477 e. The summed E-state index contributed by atoms with van der Waals surface area (Å²) >= 11 is 0.981. The molecule has 1 N–H and O–H groups in total. The molecule has 1 unspecified atom stereocenters. The van der Waals surface area contributed by atoms with E-state index < -0.39 is 22.8 Å². The minimum Gasteiger partial charge on any atom is -0.477 e. The maximum absolute atomic E-state index is 15.0. The van der Waals surface area contributed by atoms with Crippen molar-refractivity contribution in [1.29, 1.82) is 0 Å². The second-order valence-electron chi connectivity index (χ2n) is 9.26. The maximum atomic E-state index is 15.0. The summed E-state index contributed by atoms with van der Waals surface area (Å²) in [7, 11) is 0. The highest BCUT2D eigenvalue weighted by Gasteiger charge is 2.37. The fourth-order valence-corrected chi connectivity index (χ4v) is 5.15. The van der Waals surface area contributed by atoms with Crippen molar-refractivity contribution in [3.05, 3.63) is 40.2 Å². The quantitative estimate of drug-likeness (QED) is 0.520. The Kier molecular flexibility index (Phi) is 6.09. The third kappa shape index (κ3) is 4.43. The van der Waals surface area contributed by atoms with Gasteiger partial charge >= 0.3 is 5.97 Å². The Hall–Kier alpha value is -3.25. The molecule has 35 heavy (non-hydrogen) atoms. The van der Waals surface area contributed by atoms with Crippen molar-refractivity contribution in [2.45, 2.75) is 44.6 Å². The number of hydrogen-bond acceptors (Lipinski definition) is 9. The molecule has 184 valence electrons. The predicted molar refractivity (Wildman–Crippen MR) is 126 cm³/mol. The normalized spacial score (nSPS) is 20.7. The molecule has 10 nitrogen and oxygen atoms in total. The standard InChI is InChI=1S/C23H24FN5O5S/c1-23(5-2-3-7-34-23)6-4-17(30)13-9-28(10-13)20-16(24)8-14-18(31)15(21(32)33)11-29(19(14)27-20)22-25-12-26-35-22/h8,11-13H,2-7,9-10H2,1H3,(H,32,33). The van der Waals surface area contributed by atoms with E-state index >= 15 is 4.39 Å². The molecule has 2 aliphatic rings. The zero-order valence-corrected chi connectivity index (χ0v) is 19.9. The zero-order chi connectivity index (χ0) is 24.7. The van der Waals surface area contributed by atoms with Gasteiger partial charge in [0.05, 0.1) is 16.9 Å². The Morgan fingerprint density at radius 3 is 2.80 bits per heavy atom. The monoisotopic (exact) mass is 501 g/mol. The van der Waals surface area contributed by atoms with Gasteiger partial charge in [0.15, 0.2) is 17.3 Å². The van der Waals surface area contributed by atoms with Crippen molar-refractivity contribution >= 4 is 40.1 Å². The summed E-state index contributed by atoms with van der Waals surface area (Å²) in [6, 6.07) is 1.00. The molecule has 0 amide bonds. The fourth-order valence-electron chi connectivity index (χ4n) is 4.64. The van der Waals surface area contributed by atoms with E-state index in [1.54, 1.807) is 4.90 Å². The molecular weight excluding hydrogens is 477 g/mol. The van der Waals surface area contributed by atoms with Crippen LogP contribution in [0.1, 0.15) is 49.4 Å². The smallest absolute Gasteiger partial charge is 0.341 e. The number of aromatic carboxylic acids is 1. The van der Waals surface area contributed by atoms with Crippen LogP contribution in [-0.2, 0) is 9.53 Å². The first-order chi connectivity index (χ1) is 16.8. The summed E-state index contributed by atoms with van der Waals surface area (Å²) in [6.45, 7) is 3.42. The number of Topliss-reactive ketones (excluding diaryl/α,β-unsaturated/α-hetero) is 1. The van der Waals surface area contributed by atoms with E-state index in [4.69, 9.17) is 4.74 Å². The SMILES string of the molecule is CC1(CCC(=O)C2CN(c3nc4c(cc3F)c(=O)c(C(=O)O)cn4-c3ncns3)C2)CCCCO1. The van der Waals surface area contributed by atoms with Gasteiger partial charge in [0, 0.05) is 43.8 Å². The number of ketones is 1. The highest BCUT2D eigenvalue weighted by Crippen LogP contribution is 2.32. The minimum absolute atomic E-state index is 0.00451. The molecule has 0 aliphatic carbocycles. The highest BCUT2D eigenvalue weighted by molar-refractivity contribution is 7.08. The van der Waals surface area contributed by atoms with Gasteiger partial charge in [-0.2, -0.15) is 4.37 Å². The van der Waals surface area contributed by atoms with Crippen LogP contribution in [0.3, 0.4) is 0 Å². The summed E-state index contributed by atoms with van der Waals surface area (Å²) in [5.41, 5.74) is -1.54. The lowest BCUT2D eigenvalue weighted by atomic mass is 9.86. The van der Waals surface area contributed by atoms with Crippen molar-refractivity contribution in [3.63, 3.8) is 0 Å². The number of nitrogens with zero attached hydrogens (tertiary/aromatic N) is 5. The van der Waals surface area contributed by atoms with Crippen molar-refractivity contribution in [2.24, 2.45) is 5.92 Å². The molecule has 1 atom stereocenters. The van der Waals surface area contributed by atoms with Gasteiger partial charge < -0.3 is 14.7 Å². The lowest BCUT2D eigenvalue weighted by molar-refractivity contribution is -0.126. The average molecular weight is 502 g/mol. The summed E-state index contributed by atoms with van der Waals surface area (Å²) in [5.74, 6) is -2.29. The van der Waals surface area contributed by atoms with Gasteiger partial charge in [-0.15, -0.1) is 0 Å². The van der Waals surface area contributed by atoms with Gasteiger partial charge in [0.2, 0.25) is 10.6 Å². The number of fused-ring (bicyclic) bond motifs is 1. The number of rotatable bonds is 7. The van der Waals surface area contributed by atoms with Crippen LogP contribution < -0.4 is 10.3 Å². The minimum atomic E-state index is -1.43. The number of ether oxygens (including phenoxy) is 1.